The molecule has 1 fully saturated rings. The molecule has 2 aromatic rings. The lowest BCUT2D eigenvalue weighted by Crippen LogP contribution is -2.37. The Balaban J connectivity index is 1.67. The van der Waals surface area contributed by atoms with E-state index >= 15 is 0 Å². The van der Waals surface area contributed by atoms with E-state index in [-0.39, 0.29) is 23.8 Å². The molecule has 0 unspecified atom stereocenters. The Kier molecular flexibility index (Phi) is 8.73. The van der Waals surface area contributed by atoms with Crippen molar-refractivity contribution in [1.29, 1.82) is 0 Å². The van der Waals surface area contributed by atoms with Crippen LogP contribution in [0.2, 0.25) is 0 Å². The molecule has 0 radical (unpaired) electrons. The SMILES string of the molecule is CCn1c(SCC(=O)NC2CCCCC2)nnc1[C@H](NC(=O)c1ccc(C)cc1)C(C)C. The Labute approximate surface area is 195 Å². The molecule has 1 heterocycles. The van der Waals surface area contributed by atoms with Gasteiger partial charge in [-0.05, 0) is 44.7 Å². The molecule has 0 bridgehead atoms. The highest BCUT2D eigenvalue weighted by molar-refractivity contribution is 7.99. The summed E-state index contributed by atoms with van der Waals surface area (Å²) >= 11 is 1.40. The minimum atomic E-state index is -0.276. The molecule has 0 aliphatic heterocycles. The number of carbonyl (C=O) groups is 2. The van der Waals surface area contributed by atoms with Crippen molar-refractivity contribution in [2.75, 3.05) is 5.75 Å². The standard InChI is InChI=1S/C24H35N5O2S/c1-5-29-22(21(16(2)3)26-23(31)18-13-11-17(4)12-14-18)27-28-24(29)32-15-20(30)25-19-9-7-6-8-10-19/h11-14,16,19,21H,5-10,15H2,1-4H3,(H,25,30)(H,26,31)/t21-/m1/s1. The fourth-order valence-electron chi connectivity index (χ4n) is 4.04. The van der Waals surface area contributed by atoms with E-state index in [0.29, 0.717) is 29.1 Å². The number of aryl methyl sites for hydroxylation is 1. The number of nitrogens with one attached hydrogen (secondary N) is 2. The molecule has 7 nitrogen and oxygen atoms in total. The zero-order valence-corrected chi connectivity index (χ0v) is 20.4. The molecule has 1 atom stereocenters. The molecule has 2 amide bonds. The summed E-state index contributed by atoms with van der Waals surface area (Å²) in [6.07, 6.45) is 5.79. The minimum absolute atomic E-state index is 0.0437. The van der Waals surface area contributed by atoms with Gasteiger partial charge in [0.05, 0.1) is 11.8 Å². The van der Waals surface area contributed by atoms with Crippen molar-refractivity contribution in [2.45, 2.75) is 83.6 Å². The second-order valence-electron chi connectivity index (χ2n) is 8.84. The second kappa shape index (κ2) is 11.5. The van der Waals surface area contributed by atoms with E-state index in [1.165, 1.54) is 31.0 Å². The van der Waals surface area contributed by atoms with Gasteiger partial charge >= 0.3 is 0 Å². The van der Waals surface area contributed by atoms with Crippen LogP contribution < -0.4 is 10.6 Å². The highest BCUT2D eigenvalue weighted by Gasteiger charge is 2.26. The van der Waals surface area contributed by atoms with E-state index in [2.05, 4.69) is 34.7 Å². The number of aromatic nitrogens is 3. The van der Waals surface area contributed by atoms with E-state index in [1.807, 2.05) is 42.7 Å². The predicted octanol–water partition coefficient (Wildman–Crippen LogP) is 4.27. The third kappa shape index (κ3) is 6.34. The number of nitrogens with zero attached hydrogens (tertiary/aromatic N) is 3. The average Bonchev–Trinajstić information content (AvgIpc) is 3.19. The minimum Gasteiger partial charge on any atom is -0.353 e. The topological polar surface area (TPSA) is 88.9 Å². The van der Waals surface area contributed by atoms with Crippen LogP contribution in [0.4, 0.5) is 0 Å². The van der Waals surface area contributed by atoms with Crippen molar-refractivity contribution >= 4 is 23.6 Å². The maximum atomic E-state index is 12.8. The van der Waals surface area contributed by atoms with Crippen molar-refractivity contribution in [3.8, 4) is 0 Å². The van der Waals surface area contributed by atoms with E-state index in [4.69, 9.17) is 0 Å². The lowest BCUT2D eigenvalue weighted by atomic mass is 9.95. The molecule has 0 spiro atoms. The first-order valence-electron chi connectivity index (χ1n) is 11.6. The number of hydrogen-bond donors (Lipinski definition) is 2. The van der Waals surface area contributed by atoms with Gasteiger partial charge in [-0.25, -0.2) is 0 Å². The normalized spacial score (nSPS) is 15.5. The molecular weight excluding hydrogens is 422 g/mol. The van der Waals surface area contributed by atoms with Gasteiger partial charge in [-0.3, -0.25) is 9.59 Å². The molecule has 1 aromatic carbocycles. The predicted molar refractivity (Wildman–Crippen MR) is 128 cm³/mol. The Morgan fingerprint density at radius 3 is 2.44 bits per heavy atom. The van der Waals surface area contributed by atoms with Crippen LogP contribution in [0.25, 0.3) is 0 Å². The van der Waals surface area contributed by atoms with Crippen LogP contribution >= 0.6 is 11.8 Å². The fraction of sp³-hybridized carbons (Fsp3) is 0.583. The lowest BCUT2D eigenvalue weighted by Gasteiger charge is -2.23. The summed E-state index contributed by atoms with van der Waals surface area (Å²) < 4.78 is 2.00. The highest BCUT2D eigenvalue weighted by atomic mass is 32.2. The van der Waals surface area contributed by atoms with Crippen LogP contribution in [-0.2, 0) is 11.3 Å². The van der Waals surface area contributed by atoms with E-state index < -0.39 is 0 Å². The molecule has 8 heteroatoms. The zero-order chi connectivity index (χ0) is 23.1. The van der Waals surface area contributed by atoms with Crippen LogP contribution in [0.3, 0.4) is 0 Å². The smallest absolute Gasteiger partial charge is 0.251 e. The van der Waals surface area contributed by atoms with Crippen molar-refractivity contribution in [1.82, 2.24) is 25.4 Å². The van der Waals surface area contributed by atoms with E-state index in [9.17, 15) is 9.59 Å². The molecule has 2 N–H and O–H groups in total. The van der Waals surface area contributed by atoms with Crippen LogP contribution in [0, 0.1) is 12.8 Å². The molecular formula is C24H35N5O2S. The van der Waals surface area contributed by atoms with Gasteiger partial charge in [-0.1, -0.05) is 62.6 Å². The van der Waals surface area contributed by atoms with Crippen molar-refractivity contribution in [3.63, 3.8) is 0 Å². The van der Waals surface area contributed by atoms with E-state index in [0.717, 1.165) is 24.2 Å². The lowest BCUT2D eigenvalue weighted by molar-refractivity contribution is -0.119. The summed E-state index contributed by atoms with van der Waals surface area (Å²) in [7, 11) is 0. The number of carbonyl (C=O) groups excluding carboxylic acids is 2. The average molecular weight is 458 g/mol. The van der Waals surface area contributed by atoms with Gasteiger partial charge < -0.3 is 15.2 Å². The van der Waals surface area contributed by atoms with Gasteiger partial charge in [0, 0.05) is 18.2 Å². The molecule has 1 saturated carbocycles. The number of hydrogen-bond acceptors (Lipinski definition) is 5. The maximum absolute atomic E-state index is 12.8. The van der Waals surface area contributed by atoms with Crippen molar-refractivity contribution < 1.29 is 9.59 Å². The summed E-state index contributed by atoms with van der Waals surface area (Å²) in [5.74, 6) is 1.08. The number of thioether (sulfide) groups is 1. The van der Waals surface area contributed by atoms with Crippen LogP contribution in [0.5, 0.6) is 0 Å². The molecule has 1 aliphatic carbocycles. The largest absolute Gasteiger partial charge is 0.353 e. The third-order valence-corrected chi connectivity index (χ3v) is 6.88. The maximum Gasteiger partial charge on any atom is 0.251 e. The Hall–Kier alpha value is -2.35. The third-order valence-electron chi connectivity index (χ3n) is 5.91. The summed E-state index contributed by atoms with van der Waals surface area (Å²) in [5.41, 5.74) is 1.74. The van der Waals surface area contributed by atoms with Crippen molar-refractivity contribution in [2.24, 2.45) is 5.92 Å². The van der Waals surface area contributed by atoms with Gasteiger partial charge in [0.1, 0.15) is 0 Å². The Morgan fingerprint density at radius 1 is 1.12 bits per heavy atom. The van der Waals surface area contributed by atoms with Crippen LogP contribution in [-0.4, -0.2) is 38.4 Å². The molecule has 32 heavy (non-hydrogen) atoms. The van der Waals surface area contributed by atoms with Crippen LogP contribution in [0.15, 0.2) is 29.4 Å². The van der Waals surface area contributed by atoms with Crippen LogP contribution in [0.1, 0.15) is 80.7 Å². The molecule has 3 rings (SSSR count). The summed E-state index contributed by atoms with van der Waals surface area (Å²) in [4.78, 5) is 25.2. The van der Waals surface area contributed by atoms with Gasteiger partial charge in [0.25, 0.3) is 5.91 Å². The first-order valence-corrected chi connectivity index (χ1v) is 12.6. The van der Waals surface area contributed by atoms with Gasteiger partial charge in [0.2, 0.25) is 5.91 Å². The molecule has 174 valence electrons. The van der Waals surface area contributed by atoms with Gasteiger partial charge in [0.15, 0.2) is 11.0 Å². The summed E-state index contributed by atoms with van der Waals surface area (Å²) in [5, 5.41) is 15.7. The first kappa shape index (κ1) is 24.3. The Bertz CT molecular complexity index is 904. The highest BCUT2D eigenvalue weighted by Crippen LogP contribution is 2.26. The zero-order valence-electron chi connectivity index (χ0n) is 19.6. The quantitative estimate of drug-likeness (QED) is 0.549. The number of amides is 2. The van der Waals surface area contributed by atoms with Gasteiger partial charge in [-0.15, -0.1) is 10.2 Å². The molecule has 1 aromatic heterocycles. The molecule has 1 aliphatic rings. The second-order valence-corrected chi connectivity index (χ2v) is 9.78. The number of benzene rings is 1. The van der Waals surface area contributed by atoms with Crippen molar-refractivity contribution in [3.05, 3.63) is 41.2 Å². The monoisotopic (exact) mass is 457 g/mol. The summed E-state index contributed by atoms with van der Waals surface area (Å²) in [6, 6.07) is 7.56. The Morgan fingerprint density at radius 2 is 1.81 bits per heavy atom. The fourth-order valence-corrected chi connectivity index (χ4v) is 4.86. The first-order chi connectivity index (χ1) is 15.4. The van der Waals surface area contributed by atoms with Gasteiger partial charge in [-0.2, -0.15) is 0 Å². The number of rotatable bonds is 9. The summed E-state index contributed by atoms with van der Waals surface area (Å²) in [6.45, 7) is 8.80. The van der Waals surface area contributed by atoms with E-state index in [1.54, 1.807) is 0 Å². The molecule has 0 saturated heterocycles.